The SMILES string of the molecule is CCNC(=O)C(Cc1ccccc1)N(Cc1ccccc1)C(=O)CCc1ccc(S(=O)(=O)N2CCCC2)cc1. The van der Waals surface area contributed by atoms with Crippen LogP contribution in [0.1, 0.15) is 42.9 Å². The molecule has 7 nitrogen and oxygen atoms in total. The third-order valence-electron chi connectivity index (χ3n) is 7.07. The molecule has 0 bridgehead atoms. The molecule has 2 amide bonds. The van der Waals surface area contributed by atoms with Gasteiger partial charge in [0.2, 0.25) is 21.8 Å². The molecule has 1 fully saturated rings. The number of hydrogen-bond donors (Lipinski definition) is 1. The predicted octanol–water partition coefficient (Wildman–Crippen LogP) is 4.18. The fraction of sp³-hybridized carbons (Fsp3) is 0.355. The number of carbonyl (C=O) groups is 2. The number of benzene rings is 3. The maximum absolute atomic E-state index is 13.7. The zero-order valence-electron chi connectivity index (χ0n) is 22.5. The largest absolute Gasteiger partial charge is 0.355 e. The van der Waals surface area contributed by atoms with E-state index in [9.17, 15) is 18.0 Å². The summed E-state index contributed by atoms with van der Waals surface area (Å²) in [5.74, 6) is -0.304. The molecule has 3 aromatic rings. The van der Waals surface area contributed by atoms with Crippen molar-refractivity contribution in [3.8, 4) is 0 Å². The Morgan fingerprint density at radius 1 is 0.846 bits per heavy atom. The first-order chi connectivity index (χ1) is 18.9. The molecule has 1 heterocycles. The maximum Gasteiger partial charge on any atom is 0.243 e. The lowest BCUT2D eigenvalue weighted by Crippen LogP contribution is -2.50. The van der Waals surface area contributed by atoms with Crippen LogP contribution in [0.5, 0.6) is 0 Å². The second-order valence-electron chi connectivity index (χ2n) is 9.86. The van der Waals surface area contributed by atoms with Gasteiger partial charge in [0, 0.05) is 39.0 Å². The van der Waals surface area contributed by atoms with Crippen molar-refractivity contribution in [2.24, 2.45) is 0 Å². The van der Waals surface area contributed by atoms with Crippen LogP contribution in [-0.2, 0) is 39.0 Å². The van der Waals surface area contributed by atoms with Gasteiger partial charge in [0.05, 0.1) is 4.90 Å². The summed E-state index contributed by atoms with van der Waals surface area (Å²) < 4.78 is 27.2. The molecule has 1 unspecified atom stereocenters. The number of nitrogens with zero attached hydrogens (tertiary/aromatic N) is 2. The van der Waals surface area contributed by atoms with Crippen LogP contribution in [0.25, 0.3) is 0 Å². The highest BCUT2D eigenvalue weighted by atomic mass is 32.2. The third kappa shape index (κ3) is 7.55. The Morgan fingerprint density at radius 2 is 1.44 bits per heavy atom. The van der Waals surface area contributed by atoms with Crippen molar-refractivity contribution < 1.29 is 18.0 Å². The van der Waals surface area contributed by atoms with E-state index < -0.39 is 16.1 Å². The zero-order chi connectivity index (χ0) is 27.7. The van der Waals surface area contributed by atoms with Crippen molar-refractivity contribution >= 4 is 21.8 Å². The minimum atomic E-state index is -3.48. The molecule has 1 atom stereocenters. The quantitative estimate of drug-likeness (QED) is 0.369. The summed E-state index contributed by atoms with van der Waals surface area (Å²) in [5, 5.41) is 2.91. The van der Waals surface area contributed by atoms with Gasteiger partial charge in [0.15, 0.2) is 0 Å². The molecule has 0 saturated carbocycles. The molecular weight excluding hydrogens is 510 g/mol. The molecule has 0 aliphatic carbocycles. The van der Waals surface area contributed by atoms with E-state index in [2.05, 4.69) is 5.32 Å². The van der Waals surface area contributed by atoms with Crippen LogP contribution in [-0.4, -0.2) is 55.1 Å². The van der Waals surface area contributed by atoms with Gasteiger partial charge >= 0.3 is 0 Å². The molecule has 1 aliphatic heterocycles. The Kier molecular flexibility index (Phi) is 9.90. The lowest BCUT2D eigenvalue weighted by atomic mass is 10.0. The lowest BCUT2D eigenvalue weighted by Gasteiger charge is -2.31. The topological polar surface area (TPSA) is 86.8 Å². The van der Waals surface area contributed by atoms with Gasteiger partial charge in [-0.05, 0) is 55.0 Å². The summed E-state index contributed by atoms with van der Waals surface area (Å²) >= 11 is 0. The first-order valence-electron chi connectivity index (χ1n) is 13.6. The molecule has 1 N–H and O–H groups in total. The van der Waals surface area contributed by atoms with Crippen molar-refractivity contribution in [1.29, 1.82) is 0 Å². The fourth-order valence-corrected chi connectivity index (χ4v) is 6.44. The van der Waals surface area contributed by atoms with Gasteiger partial charge in [-0.15, -0.1) is 0 Å². The Hall–Kier alpha value is -3.49. The van der Waals surface area contributed by atoms with Crippen molar-refractivity contribution in [1.82, 2.24) is 14.5 Å². The van der Waals surface area contributed by atoms with E-state index in [1.807, 2.05) is 67.6 Å². The smallest absolute Gasteiger partial charge is 0.243 e. The van der Waals surface area contributed by atoms with Crippen molar-refractivity contribution in [3.63, 3.8) is 0 Å². The van der Waals surface area contributed by atoms with Crippen molar-refractivity contribution in [2.45, 2.75) is 56.5 Å². The van der Waals surface area contributed by atoms with Gasteiger partial charge in [-0.1, -0.05) is 72.8 Å². The number of amides is 2. The summed E-state index contributed by atoms with van der Waals surface area (Å²) in [4.78, 5) is 28.9. The van der Waals surface area contributed by atoms with Crippen LogP contribution in [0.15, 0.2) is 89.8 Å². The minimum Gasteiger partial charge on any atom is -0.355 e. The number of likely N-dealkylation sites (N-methyl/N-ethyl adjacent to an activating group) is 1. The third-order valence-corrected chi connectivity index (χ3v) is 8.98. The highest BCUT2D eigenvalue weighted by Crippen LogP contribution is 2.22. The average molecular weight is 548 g/mol. The van der Waals surface area contributed by atoms with Crippen LogP contribution in [0.4, 0.5) is 0 Å². The molecule has 4 rings (SSSR count). The molecule has 0 spiro atoms. The van der Waals surface area contributed by atoms with Crippen LogP contribution in [0.2, 0.25) is 0 Å². The van der Waals surface area contributed by atoms with E-state index in [-0.39, 0.29) is 23.1 Å². The summed E-state index contributed by atoms with van der Waals surface area (Å²) in [6.07, 6.45) is 2.84. The second kappa shape index (κ2) is 13.5. The van der Waals surface area contributed by atoms with Crippen LogP contribution < -0.4 is 5.32 Å². The van der Waals surface area contributed by atoms with E-state index in [1.165, 1.54) is 4.31 Å². The molecule has 206 valence electrons. The number of sulfonamides is 1. The Labute approximate surface area is 231 Å². The monoisotopic (exact) mass is 547 g/mol. The molecular formula is C31H37N3O4S. The van der Waals surface area contributed by atoms with Gasteiger partial charge < -0.3 is 10.2 Å². The number of aryl methyl sites for hydroxylation is 1. The number of carbonyl (C=O) groups excluding carboxylic acids is 2. The standard InChI is InChI=1S/C31H37N3O4S/c1-2-32-31(36)29(23-26-11-5-3-6-12-26)34(24-27-13-7-4-8-14-27)30(35)20-17-25-15-18-28(19-16-25)39(37,38)33-21-9-10-22-33/h3-8,11-16,18-19,29H,2,9-10,17,20-24H2,1H3,(H,32,36). The maximum atomic E-state index is 13.7. The van der Waals surface area contributed by atoms with Crippen LogP contribution >= 0.6 is 0 Å². The van der Waals surface area contributed by atoms with Crippen LogP contribution in [0, 0.1) is 0 Å². The normalized spacial score (nSPS) is 14.6. The van der Waals surface area contributed by atoms with Crippen molar-refractivity contribution in [3.05, 3.63) is 102 Å². The Morgan fingerprint density at radius 3 is 2.03 bits per heavy atom. The van der Waals surface area contributed by atoms with Gasteiger partial charge in [0.1, 0.15) is 6.04 Å². The lowest BCUT2D eigenvalue weighted by molar-refractivity contribution is -0.141. The number of nitrogens with one attached hydrogen (secondary N) is 1. The number of hydrogen-bond acceptors (Lipinski definition) is 4. The van der Waals surface area contributed by atoms with E-state index in [1.54, 1.807) is 29.2 Å². The van der Waals surface area contributed by atoms with Gasteiger partial charge in [-0.25, -0.2) is 8.42 Å². The molecule has 39 heavy (non-hydrogen) atoms. The predicted molar refractivity (Wildman–Crippen MR) is 152 cm³/mol. The Balaban J connectivity index is 1.52. The zero-order valence-corrected chi connectivity index (χ0v) is 23.3. The highest BCUT2D eigenvalue weighted by Gasteiger charge is 2.30. The summed E-state index contributed by atoms with van der Waals surface area (Å²) in [7, 11) is -3.48. The average Bonchev–Trinajstić information content (AvgIpc) is 3.51. The molecule has 8 heteroatoms. The summed E-state index contributed by atoms with van der Waals surface area (Å²) in [5.41, 5.74) is 2.81. The molecule has 1 saturated heterocycles. The van der Waals surface area contributed by atoms with E-state index in [0.29, 0.717) is 39.0 Å². The molecule has 0 radical (unpaired) electrons. The summed E-state index contributed by atoms with van der Waals surface area (Å²) in [6, 6.07) is 25.6. The van der Waals surface area contributed by atoms with E-state index in [0.717, 1.165) is 29.5 Å². The van der Waals surface area contributed by atoms with Gasteiger partial charge in [-0.2, -0.15) is 4.31 Å². The van der Waals surface area contributed by atoms with Gasteiger partial charge in [0.25, 0.3) is 0 Å². The molecule has 3 aromatic carbocycles. The number of rotatable bonds is 12. The van der Waals surface area contributed by atoms with Gasteiger partial charge in [-0.3, -0.25) is 9.59 Å². The second-order valence-corrected chi connectivity index (χ2v) is 11.8. The van der Waals surface area contributed by atoms with Crippen LogP contribution in [0.3, 0.4) is 0 Å². The minimum absolute atomic E-state index is 0.125. The Bertz CT molecular complexity index is 1320. The highest BCUT2D eigenvalue weighted by molar-refractivity contribution is 7.89. The molecule has 0 aromatic heterocycles. The first-order valence-corrected chi connectivity index (χ1v) is 15.1. The van der Waals surface area contributed by atoms with Crippen molar-refractivity contribution in [2.75, 3.05) is 19.6 Å². The van der Waals surface area contributed by atoms with E-state index >= 15 is 0 Å². The van der Waals surface area contributed by atoms with E-state index in [4.69, 9.17) is 0 Å². The fourth-order valence-electron chi connectivity index (χ4n) is 4.93. The first kappa shape index (κ1) is 28.5. The summed E-state index contributed by atoms with van der Waals surface area (Å²) in [6.45, 7) is 3.79. The molecule has 1 aliphatic rings.